The van der Waals surface area contributed by atoms with Gasteiger partial charge in [0.25, 0.3) is 0 Å². The summed E-state index contributed by atoms with van der Waals surface area (Å²) < 4.78 is 0. The van der Waals surface area contributed by atoms with Gasteiger partial charge in [0.2, 0.25) is 0 Å². The van der Waals surface area contributed by atoms with E-state index in [9.17, 15) is 5.11 Å². The van der Waals surface area contributed by atoms with Crippen molar-refractivity contribution in [2.45, 2.75) is 44.9 Å². The van der Waals surface area contributed by atoms with Crippen molar-refractivity contribution in [2.24, 2.45) is 5.16 Å². The third-order valence-corrected chi connectivity index (χ3v) is 5.76. The number of aromatic hydroxyl groups is 1. The lowest BCUT2D eigenvalue weighted by Gasteiger charge is -2.22. The normalized spacial score (nSPS) is 13.6. The van der Waals surface area contributed by atoms with Crippen molar-refractivity contribution < 1.29 is 10.3 Å². The van der Waals surface area contributed by atoms with Crippen molar-refractivity contribution in [3.05, 3.63) is 58.0 Å². The van der Waals surface area contributed by atoms with E-state index in [2.05, 4.69) is 15.5 Å². The molecule has 3 N–H and O–H groups in total. The van der Waals surface area contributed by atoms with Gasteiger partial charge in [-0.1, -0.05) is 16.8 Å². The second-order valence-electron chi connectivity index (χ2n) is 7.62. The smallest absolute Gasteiger partial charge is 0.142 e. The monoisotopic (exact) mass is 424 g/mol. The summed E-state index contributed by atoms with van der Waals surface area (Å²) in [5.74, 6) is 0.00576. The first-order valence-electron chi connectivity index (χ1n) is 10.4. The van der Waals surface area contributed by atoms with E-state index in [1.54, 1.807) is 12.1 Å². The number of halogens is 1. The predicted octanol–water partition coefficient (Wildman–Crippen LogP) is 5.11. The molecule has 30 heavy (non-hydrogen) atoms. The van der Waals surface area contributed by atoms with Crippen LogP contribution in [0.4, 0.5) is 5.69 Å². The fourth-order valence-corrected chi connectivity index (χ4v) is 4.21. The van der Waals surface area contributed by atoms with Crippen molar-refractivity contribution >= 4 is 34.4 Å². The standard InChI is InChI=1S/C23H25ClN4O2/c24-15-8-10-20-18(13-15)23(17-6-1-2-7-19(17)28-20)25-12-4-3-5-16-9-11-22(29)21(27-16)14-26-30/h8-11,13-14,29-30H,1-7,12H2,(H,25,28). The Hall–Kier alpha value is -2.86. The Labute approximate surface area is 180 Å². The first-order chi connectivity index (χ1) is 14.7. The number of nitrogens with one attached hydrogen (secondary N) is 1. The van der Waals surface area contributed by atoms with Gasteiger partial charge in [-0.2, -0.15) is 0 Å². The van der Waals surface area contributed by atoms with Gasteiger partial charge in [0.1, 0.15) is 11.4 Å². The summed E-state index contributed by atoms with van der Waals surface area (Å²) in [7, 11) is 0. The molecule has 0 saturated carbocycles. The first-order valence-corrected chi connectivity index (χ1v) is 10.7. The largest absolute Gasteiger partial charge is 0.506 e. The molecule has 0 aliphatic heterocycles. The molecule has 1 aliphatic carbocycles. The second kappa shape index (κ2) is 9.30. The number of anilines is 1. The Morgan fingerprint density at radius 2 is 1.97 bits per heavy atom. The van der Waals surface area contributed by atoms with Crippen LogP contribution >= 0.6 is 11.6 Å². The van der Waals surface area contributed by atoms with Crippen LogP contribution in [0.15, 0.2) is 35.5 Å². The van der Waals surface area contributed by atoms with Gasteiger partial charge in [-0.15, -0.1) is 0 Å². The van der Waals surface area contributed by atoms with Gasteiger partial charge in [-0.05, 0) is 80.8 Å². The molecule has 1 aliphatic rings. The van der Waals surface area contributed by atoms with Gasteiger partial charge in [0.15, 0.2) is 0 Å². The van der Waals surface area contributed by atoms with Crippen LogP contribution in [-0.4, -0.2) is 33.0 Å². The van der Waals surface area contributed by atoms with Crippen LogP contribution < -0.4 is 5.32 Å². The zero-order valence-corrected chi connectivity index (χ0v) is 17.5. The number of hydrogen-bond acceptors (Lipinski definition) is 6. The molecule has 0 saturated heterocycles. The molecular weight excluding hydrogens is 400 g/mol. The van der Waals surface area contributed by atoms with Crippen LogP contribution in [0, 0.1) is 0 Å². The minimum absolute atomic E-state index is 0.00576. The highest BCUT2D eigenvalue weighted by molar-refractivity contribution is 6.31. The lowest BCUT2D eigenvalue weighted by Crippen LogP contribution is -2.12. The fraction of sp³-hybridized carbons (Fsp3) is 0.348. The van der Waals surface area contributed by atoms with Crippen LogP contribution in [-0.2, 0) is 19.3 Å². The number of aryl methyl sites for hydroxylation is 2. The van der Waals surface area contributed by atoms with E-state index in [0.717, 1.165) is 66.5 Å². The molecule has 2 aromatic heterocycles. The van der Waals surface area contributed by atoms with Crippen molar-refractivity contribution in [1.82, 2.24) is 9.97 Å². The molecule has 0 radical (unpaired) electrons. The predicted molar refractivity (Wildman–Crippen MR) is 120 cm³/mol. The van der Waals surface area contributed by atoms with Crippen LogP contribution in [0.2, 0.25) is 5.02 Å². The quantitative estimate of drug-likeness (QED) is 0.212. The molecule has 0 spiro atoms. The Morgan fingerprint density at radius 1 is 1.10 bits per heavy atom. The highest BCUT2D eigenvalue weighted by Gasteiger charge is 2.18. The van der Waals surface area contributed by atoms with Crippen molar-refractivity contribution in [1.29, 1.82) is 0 Å². The van der Waals surface area contributed by atoms with Crippen LogP contribution in [0.25, 0.3) is 10.9 Å². The number of fused-ring (bicyclic) bond motifs is 2. The number of rotatable bonds is 7. The van der Waals surface area contributed by atoms with Crippen LogP contribution in [0.3, 0.4) is 0 Å². The van der Waals surface area contributed by atoms with E-state index >= 15 is 0 Å². The maximum Gasteiger partial charge on any atom is 0.142 e. The SMILES string of the molecule is ON=Cc1nc(CCCCNc2c3c(nc4ccc(Cl)cc24)CCCC3)ccc1O. The third kappa shape index (κ3) is 4.49. The number of benzene rings is 1. The first kappa shape index (κ1) is 20.4. The summed E-state index contributed by atoms with van der Waals surface area (Å²) in [6.45, 7) is 0.848. The van der Waals surface area contributed by atoms with Crippen molar-refractivity contribution in [3.8, 4) is 5.75 Å². The molecular formula is C23H25ClN4O2. The van der Waals surface area contributed by atoms with E-state index in [0.29, 0.717) is 0 Å². The van der Waals surface area contributed by atoms with Crippen LogP contribution in [0.5, 0.6) is 5.75 Å². The van der Waals surface area contributed by atoms with Gasteiger partial charge in [0.05, 0.1) is 11.7 Å². The molecule has 0 amide bonds. The Bertz CT molecular complexity index is 1080. The van der Waals surface area contributed by atoms with E-state index < -0.39 is 0 Å². The van der Waals surface area contributed by atoms with E-state index in [1.807, 2.05) is 18.2 Å². The summed E-state index contributed by atoms with van der Waals surface area (Å²) >= 11 is 6.27. The molecule has 3 aromatic rings. The van der Waals surface area contributed by atoms with Gasteiger partial charge in [-0.25, -0.2) is 4.98 Å². The Morgan fingerprint density at radius 3 is 2.83 bits per heavy atom. The van der Waals surface area contributed by atoms with E-state index in [4.69, 9.17) is 21.8 Å². The second-order valence-corrected chi connectivity index (χ2v) is 8.05. The van der Waals surface area contributed by atoms with Crippen molar-refractivity contribution in [3.63, 3.8) is 0 Å². The lowest BCUT2D eigenvalue weighted by molar-refractivity contribution is 0.321. The molecule has 4 rings (SSSR count). The highest BCUT2D eigenvalue weighted by atomic mass is 35.5. The molecule has 156 valence electrons. The molecule has 0 fully saturated rings. The van der Waals surface area contributed by atoms with E-state index in [1.165, 1.54) is 29.8 Å². The third-order valence-electron chi connectivity index (χ3n) is 5.53. The molecule has 2 heterocycles. The number of hydrogen-bond donors (Lipinski definition) is 3. The fourth-order valence-electron chi connectivity index (χ4n) is 4.04. The molecule has 1 aromatic carbocycles. The summed E-state index contributed by atoms with van der Waals surface area (Å²) in [5, 5.41) is 26.8. The maximum absolute atomic E-state index is 9.72. The molecule has 6 nitrogen and oxygen atoms in total. The van der Waals surface area contributed by atoms with Gasteiger partial charge in [0, 0.05) is 34.0 Å². The minimum Gasteiger partial charge on any atom is -0.506 e. The number of oxime groups is 1. The summed E-state index contributed by atoms with van der Waals surface area (Å²) in [6.07, 6.45) is 8.34. The Kier molecular flexibility index (Phi) is 6.33. The number of aromatic nitrogens is 2. The zero-order chi connectivity index (χ0) is 20.9. The molecule has 0 atom stereocenters. The summed E-state index contributed by atoms with van der Waals surface area (Å²) in [5.41, 5.74) is 5.87. The highest BCUT2D eigenvalue weighted by Crippen LogP contribution is 2.34. The topological polar surface area (TPSA) is 90.6 Å². The summed E-state index contributed by atoms with van der Waals surface area (Å²) in [6, 6.07) is 9.28. The van der Waals surface area contributed by atoms with Gasteiger partial charge < -0.3 is 15.6 Å². The average Bonchev–Trinajstić information content (AvgIpc) is 2.75. The molecule has 0 bridgehead atoms. The number of pyridine rings is 2. The Balaban J connectivity index is 1.43. The summed E-state index contributed by atoms with van der Waals surface area (Å²) in [4.78, 5) is 9.20. The number of nitrogens with zero attached hydrogens (tertiary/aromatic N) is 3. The van der Waals surface area contributed by atoms with E-state index in [-0.39, 0.29) is 11.4 Å². The lowest BCUT2D eigenvalue weighted by atomic mass is 9.92. The maximum atomic E-state index is 9.72. The average molecular weight is 425 g/mol. The van der Waals surface area contributed by atoms with Gasteiger partial charge in [-0.3, -0.25) is 4.98 Å². The molecule has 7 heteroatoms. The minimum atomic E-state index is 0.00576. The van der Waals surface area contributed by atoms with Gasteiger partial charge >= 0.3 is 0 Å². The molecule has 0 unspecified atom stereocenters. The zero-order valence-electron chi connectivity index (χ0n) is 16.7. The number of unbranched alkanes of at least 4 members (excludes halogenated alkanes) is 1. The van der Waals surface area contributed by atoms with Crippen LogP contribution in [0.1, 0.15) is 48.3 Å². The van der Waals surface area contributed by atoms with Crippen molar-refractivity contribution in [2.75, 3.05) is 11.9 Å².